The maximum Gasteiger partial charge on any atom is 1.00 e. The van der Waals surface area contributed by atoms with Crippen molar-refractivity contribution in [3.63, 3.8) is 0 Å². The van der Waals surface area contributed by atoms with Gasteiger partial charge in [-0.1, -0.05) is 44.7 Å². The summed E-state index contributed by atoms with van der Waals surface area (Å²) >= 11 is 0. The third-order valence-corrected chi connectivity index (χ3v) is 3.96. The average Bonchev–Trinajstić information content (AvgIpc) is 2.50. The molecular formula is C16H23FNNa2O5P. The number of unbranched alkanes of at least 4 members (excludes halogenated alkanes) is 4. The minimum Gasteiger partial charge on any atom is -0.790 e. The smallest absolute Gasteiger partial charge is 0.790 e. The molecule has 0 heterocycles. The molecule has 1 aromatic carbocycles. The van der Waals surface area contributed by atoms with Gasteiger partial charge in [-0.05, 0) is 24.1 Å². The Morgan fingerprint density at radius 1 is 1.23 bits per heavy atom. The van der Waals surface area contributed by atoms with E-state index in [-0.39, 0.29) is 71.4 Å². The monoisotopic (exact) mass is 405 g/mol. The Hall–Kier alpha value is 0.730. The molecule has 0 aliphatic heterocycles. The maximum atomic E-state index is 13.3. The molecule has 0 saturated heterocycles. The molecule has 0 aliphatic rings. The predicted molar refractivity (Wildman–Crippen MR) is 84.2 cm³/mol. The summed E-state index contributed by atoms with van der Waals surface area (Å²) in [5, 5.41) is 2.59. The van der Waals surface area contributed by atoms with Crippen molar-refractivity contribution < 1.29 is 87.2 Å². The second kappa shape index (κ2) is 15.6. The molecule has 26 heavy (non-hydrogen) atoms. The Balaban J connectivity index is 0. The van der Waals surface area contributed by atoms with Crippen molar-refractivity contribution in [3.8, 4) is 0 Å². The van der Waals surface area contributed by atoms with E-state index in [0.29, 0.717) is 12.0 Å². The summed E-state index contributed by atoms with van der Waals surface area (Å²) in [5.41, 5.74) is 0.336. The standard InChI is InChI=1S/C16H25FNO5P.2Na/c1-2-3-4-5-6-10-16(19)18-15(12-23-24(20,21)22)13-8-7-9-14(17)11-13;;/h7-9,11,15H,2-6,10,12H2,1H3,(H,18,19)(H2,20,21,22);;/q;2*+1/p-2. The molecule has 1 rings (SSSR count). The molecule has 1 aromatic rings. The fraction of sp³-hybridized carbons (Fsp3) is 0.562. The molecule has 0 aliphatic carbocycles. The molecule has 1 amide bonds. The molecule has 0 fully saturated rings. The molecule has 0 radical (unpaired) electrons. The quantitative estimate of drug-likeness (QED) is 0.231. The zero-order valence-electron chi connectivity index (χ0n) is 15.7. The van der Waals surface area contributed by atoms with Gasteiger partial charge < -0.3 is 24.2 Å². The van der Waals surface area contributed by atoms with Crippen LogP contribution in [0.25, 0.3) is 0 Å². The van der Waals surface area contributed by atoms with Gasteiger partial charge in [0.15, 0.2) is 0 Å². The molecule has 0 spiro atoms. The predicted octanol–water partition coefficient (Wildman–Crippen LogP) is -3.80. The summed E-state index contributed by atoms with van der Waals surface area (Å²) in [4.78, 5) is 33.3. The molecule has 136 valence electrons. The molecule has 0 bridgehead atoms. The van der Waals surface area contributed by atoms with Crippen LogP contribution in [0.3, 0.4) is 0 Å². The largest absolute Gasteiger partial charge is 1.00 e. The Labute approximate surface area is 198 Å². The number of benzene rings is 1. The minimum atomic E-state index is -5.17. The first-order valence-corrected chi connectivity index (χ1v) is 9.49. The number of amides is 1. The van der Waals surface area contributed by atoms with Crippen LogP contribution in [0, 0.1) is 5.82 Å². The average molecular weight is 405 g/mol. The van der Waals surface area contributed by atoms with Crippen LogP contribution in [0.4, 0.5) is 4.39 Å². The van der Waals surface area contributed by atoms with Crippen molar-refractivity contribution in [2.24, 2.45) is 0 Å². The van der Waals surface area contributed by atoms with Crippen LogP contribution in [0.2, 0.25) is 0 Å². The van der Waals surface area contributed by atoms with Gasteiger partial charge in [0.25, 0.3) is 0 Å². The van der Waals surface area contributed by atoms with Gasteiger partial charge in [0.05, 0.1) is 20.5 Å². The summed E-state index contributed by atoms with van der Waals surface area (Å²) in [6.07, 6.45) is 5.19. The van der Waals surface area contributed by atoms with Gasteiger partial charge in [-0.3, -0.25) is 4.79 Å². The van der Waals surface area contributed by atoms with Crippen molar-refractivity contribution >= 4 is 13.7 Å². The van der Waals surface area contributed by atoms with Gasteiger partial charge in [-0.2, -0.15) is 0 Å². The number of hydrogen-bond acceptors (Lipinski definition) is 5. The number of nitrogens with one attached hydrogen (secondary N) is 1. The van der Waals surface area contributed by atoms with E-state index >= 15 is 0 Å². The van der Waals surface area contributed by atoms with Gasteiger partial charge in [-0.15, -0.1) is 0 Å². The normalized spacial score (nSPS) is 11.8. The number of halogens is 1. The Morgan fingerprint density at radius 2 is 1.88 bits per heavy atom. The molecule has 0 saturated carbocycles. The molecule has 6 nitrogen and oxygen atoms in total. The van der Waals surface area contributed by atoms with Crippen molar-refractivity contribution in [3.05, 3.63) is 35.6 Å². The van der Waals surface area contributed by atoms with E-state index in [2.05, 4.69) is 16.8 Å². The van der Waals surface area contributed by atoms with E-state index in [9.17, 15) is 23.5 Å². The number of carbonyl (C=O) groups is 1. The van der Waals surface area contributed by atoms with Crippen LogP contribution in [0.15, 0.2) is 24.3 Å². The Kier molecular flexibility index (Phi) is 17.4. The van der Waals surface area contributed by atoms with E-state index in [1.807, 2.05) is 0 Å². The third-order valence-electron chi connectivity index (χ3n) is 3.49. The van der Waals surface area contributed by atoms with Crippen LogP contribution in [-0.4, -0.2) is 12.5 Å². The van der Waals surface area contributed by atoms with E-state index < -0.39 is 26.3 Å². The molecule has 1 unspecified atom stereocenters. The van der Waals surface area contributed by atoms with Crippen molar-refractivity contribution in [2.75, 3.05) is 6.61 Å². The minimum absolute atomic E-state index is 0. The summed E-state index contributed by atoms with van der Waals surface area (Å²) in [6.45, 7) is 1.54. The van der Waals surface area contributed by atoms with Crippen LogP contribution in [-0.2, 0) is 13.9 Å². The van der Waals surface area contributed by atoms with Gasteiger partial charge >= 0.3 is 59.1 Å². The van der Waals surface area contributed by atoms with E-state index in [0.717, 1.165) is 31.7 Å². The topological polar surface area (TPSA) is 102 Å². The first-order valence-electron chi connectivity index (χ1n) is 8.03. The van der Waals surface area contributed by atoms with Gasteiger partial charge in [0.1, 0.15) is 5.82 Å². The second-order valence-electron chi connectivity index (χ2n) is 5.58. The number of hydrogen-bond donors (Lipinski definition) is 1. The number of phosphoric acid groups is 1. The fourth-order valence-electron chi connectivity index (χ4n) is 2.27. The zero-order valence-corrected chi connectivity index (χ0v) is 20.6. The molecule has 1 N–H and O–H groups in total. The molecule has 1 atom stereocenters. The summed E-state index contributed by atoms with van der Waals surface area (Å²) in [6, 6.07) is 4.45. The van der Waals surface area contributed by atoms with Crippen LogP contribution < -0.4 is 74.2 Å². The van der Waals surface area contributed by atoms with E-state index in [1.165, 1.54) is 18.2 Å². The zero-order chi connectivity index (χ0) is 18.0. The molecule has 0 aromatic heterocycles. The first-order chi connectivity index (χ1) is 11.3. The summed E-state index contributed by atoms with van der Waals surface area (Å²) in [7, 11) is -5.17. The second-order valence-corrected chi connectivity index (χ2v) is 6.73. The number of phosphoric ester groups is 1. The van der Waals surface area contributed by atoms with Gasteiger partial charge in [0.2, 0.25) is 5.91 Å². The Morgan fingerprint density at radius 3 is 2.46 bits per heavy atom. The fourth-order valence-corrected chi connectivity index (χ4v) is 2.60. The van der Waals surface area contributed by atoms with Crippen molar-refractivity contribution in [1.82, 2.24) is 5.32 Å². The molecule has 10 heteroatoms. The first kappa shape index (κ1) is 28.9. The van der Waals surface area contributed by atoms with E-state index in [4.69, 9.17) is 0 Å². The third kappa shape index (κ3) is 13.8. The van der Waals surface area contributed by atoms with Gasteiger partial charge in [0, 0.05) is 6.42 Å². The van der Waals surface area contributed by atoms with Crippen molar-refractivity contribution in [2.45, 2.75) is 51.5 Å². The van der Waals surface area contributed by atoms with Crippen LogP contribution in [0.5, 0.6) is 0 Å². The van der Waals surface area contributed by atoms with Gasteiger partial charge in [-0.25, -0.2) is 4.39 Å². The SMILES string of the molecule is CCCCCCCC(=O)NC(COP(=O)([O-])[O-])c1cccc(F)c1.[Na+].[Na+]. The number of carbonyl (C=O) groups excluding carboxylic acids is 1. The summed E-state index contributed by atoms with van der Waals surface area (Å²) in [5.74, 6) is -0.824. The van der Waals surface area contributed by atoms with Crippen LogP contribution >= 0.6 is 7.82 Å². The summed E-state index contributed by atoms with van der Waals surface area (Å²) < 4.78 is 28.2. The molecular weight excluding hydrogens is 382 g/mol. The maximum absolute atomic E-state index is 13.3. The van der Waals surface area contributed by atoms with E-state index in [1.54, 1.807) is 0 Å². The van der Waals surface area contributed by atoms with Crippen molar-refractivity contribution in [1.29, 1.82) is 0 Å². The number of rotatable bonds is 11. The Bertz CT molecular complexity index is 573. The van der Waals surface area contributed by atoms with Crippen LogP contribution in [0.1, 0.15) is 57.1 Å².